The lowest BCUT2D eigenvalue weighted by Gasteiger charge is -2.13. The number of aromatic hydroxyl groups is 1. The smallest absolute Gasteiger partial charge is 0.298 e. The van der Waals surface area contributed by atoms with Crippen LogP contribution in [0.15, 0.2) is 41.3 Å². The van der Waals surface area contributed by atoms with Gasteiger partial charge in [0.1, 0.15) is 10.6 Å². The average Bonchev–Trinajstić information content (AvgIpc) is 2.73. The highest BCUT2D eigenvalue weighted by atomic mass is 35.5. The molecule has 0 bridgehead atoms. The minimum absolute atomic E-state index is 0.00328. The third kappa shape index (κ3) is 7.38. The number of amides is 2. The molecule has 0 aliphatic heterocycles. The Bertz CT molecular complexity index is 1090. The van der Waals surface area contributed by atoms with Crippen LogP contribution in [0.5, 0.6) is 11.5 Å². The van der Waals surface area contributed by atoms with E-state index in [1.165, 1.54) is 0 Å². The lowest BCUT2D eigenvalue weighted by Crippen LogP contribution is -2.41. The molecule has 0 heterocycles. The van der Waals surface area contributed by atoms with Gasteiger partial charge < -0.3 is 26.2 Å². The largest absolute Gasteiger partial charge is 0.504 e. The van der Waals surface area contributed by atoms with Crippen molar-refractivity contribution in [2.75, 3.05) is 19.0 Å². The van der Waals surface area contributed by atoms with E-state index >= 15 is 0 Å². The van der Waals surface area contributed by atoms with Crippen LogP contribution in [0.25, 0.3) is 0 Å². The van der Waals surface area contributed by atoms with Crippen molar-refractivity contribution in [3.63, 3.8) is 0 Å². The van der Waals surface area contributed by atoms with Gasteiger partial charge in [0.05, 0.1) is 18.8 Å². The first-order valence-corrected chi connectivity index (χ1v) is 11.3. The van der Waals surface area contributed by atoms with Crippen LogP contribution in [0, 0.1) is 0 Å². The molecule has 2 rings (SSSR count). The molecule has 0 aliphatic rings. The number of phenols is 1. The summed E-state index contributed by atoms with van der Waals surface area (Å²) in [6.07, 6.45) is 0.390. The van der Waals surface area contributed by atoms with Gasteiger partial charge in [0, 0.05) is 18.0 Å². The lowest BCUT2D eigenvalue weighted by atomic mass is 10.1. The third-order valence-corrected chi connectivity index (χ3v) is 5.54. The molecular weight excluding hydrogens is 462 g/mol. The standard InChI is InChI=1S/C20H24ClN3O7S/c1-31-14-4-2-3-12(9-14)7-8-23-20(27)15(22)5-6-18(25)24-16-10-13(21)11-17(19(16)26)32(28,29)30/h2-4,9-11,15,26H,5-8,22H2,1H3,(H,23,27)(H,24,25)(H,28,29,30)/t15-/m0/s1. The number of carbonyl (C=O) groups is 2. The number of hydrogen-bond acceptors (Lipinski definition) is 7. The van der Waals surface area contributed by atoms with E-state index in [0.29, 0.717) is 18.7 Å². The minimum Gasteiger partial charge on any atom is -0.504 e. The second-order valence-corrected chi connectivity index (χ2v) is 8.69. The molecule has 2 amide bonds. The van der Waals surface area contributed by atoms with Crippen LogP contribution in [0.4, 0.5) is 5.69 Å². The number of nitrogens with two attached hydrogens (primary N) is 1. The number of methoxy groups -OCH3 is 1. The predicted octanol–water partition coefficient (Wildman–Crippen LogP) is 1.71. The Hall–Kier alpha value is -2.86. The molecule has 0 saturated carbocycles. The van der Waals surface area contributed by atoms with E-state index in [-0.39, 0.29) is 23.6 Å². The van der Waals surface area contributed by atoms with Gasteiger partial charge in [-0.1, -0.05) is 23.7 Å². The summed E-state index contributed by atoms with van der Waals surface area (Å²) in [6, 6.07) is 8.43. The summed E-state index contributed by atoms with van der Waals surface area (Å²) in [5, 5.41) is 14.8. The van der Waals surface area contributed by atoms with Crippen molar-refractivity contribution >= 4 is 39.2 Å². The van der Waals surface area contributed by atoms with Crippen molar-refractivity contribution in [3.05, 3.63) is 47.0 Å². The molecular formula is C20H24ClN3O7S. The molecule has 2 aromatic rings. The fourth-order valence-electron chi connectivity index (χ4n) is 2.79. The molecule has 2 aromatic carbocycles. The molecule has 0 spiro atoms. The topological polar surface area (TPSA) is 168 Å². The molecule has 12 heteroatoms. The number of nitrogens with one attached hydrogen (secondary N) is 2. The van der Waals surface area contributed by atoms with E-state index in [2.05, 4.69) is 10.6 Å². The Morgan fingerprint density at radius 1 is 1.25 bits per heavy atom. The lowest BCUT2D eigenvalue weighted by molar-refractivity contribution is -0.122. The zero-order chi connectivity index (χ0) is 23.9. The van der Waals surface area contributed by atoms with E-state index in [4.69, 9.17) is 26.6 Å². The molecule has 0 saturated heterocycles. The van der Waals surface area contributed by atoms with Crippen molar-refractivity contribution in [1.29, 1.82) is 0 Å². The van der Waals surface area contributed by atoms with Gasteiger partial charge in [0.25, 0.3) is 10.1 Å². The molecule has 0 fully saturated rings. The predicted molar refractivity (Wildman–Crippen MR) is 118 cm³/mol. The molecule has 1 atom stereocenters. The number of rotatable bonds is 10. The fourth-order valence-corrected chi connectivity index (χ4v) is 3.70. The average molecular weight is 486 g/mol. The maximum absolute atomic E-state index is 12.1. The summed E-state index contributed by atoms with van der Waals surface area (Å²) >= 11 is 5.77. The fraction of sp³-hybridized carbons (Fsp3) is 0.300. The maximum Gasteiger partial charge on any atom is 0.298 e. The van der Waals surface area contributed by atoms with Crippen molar-refractivity contribution in [1.82, 2.24) is 5.32 Å². The van der Waals surface area contributed by atoms with Crippen LogP contribution in [0.3, 0.4) is 0 Å². The van der Waals surface area contributed by atoms with Gasteiger partial charge in [-0.25, -0.2) is 0 Å². The molecule has 32 heavy (non-hydrogen) atoms. The van der Waals surface area contributed by atoms with Gasteiger partial charge in [-0.3, -0.25) is 14.1 Å². The molecule has 0 unspecified atom stereocenters. The first-order chi connectivity index (χ1) is 15.0. The third-order valence-electron chi connectivity index (χ3n) is 4.46. The second kappa shape index (κ2) is 11.1. The highest BCUT2D eigenvalue weighted by Crippen LogP contribution is 2.34. The number of carbonyl (C=O) groups excluding carboxylic acids is 2. The van der Waals surface area contributed by atoms with Crippen LogP contribution in [0.2, 0.25) is 5.02 Å². The Kier molecular flexibility index (Phi) is 8.84. The monoisotopic (exact) mass is 485 g/mol. The summed E-state index contributed by atoms with van der Waals surface area (Å²) in [6.45, 7) is 0.348. The van der Waals surface area contributed by atoms with E-state index < -0.39 is 38.6 Å². The molecule has 10 nitrogen and oxygen atoms in total. The van der Waals surface area contributed by atoms with Crippen LogP contribution in [-0.2, 0) is 26.1 Å². The molecule has 6 N–H and O–H groups in total. The van der Waals surface area contributed by atoms with E-state index in [9.17, 15) is 23.1 Å². The quantitative estimate of drug-likeness (QED) is 0.250. The minimum atomic E-state index is -4.75. The van der Waals surface area contributed by atoms with E-state index in [1.807, 2.05) is 24.3 Å². The molecule has 0 aliphatic carbocycles. The van der Waals surface area contributed by atoms with Crippen molar-refractivity contribution in [2.24, 2.45) is 5.73 Å². The Balaban J connectivity index is 1.84. The molecule has 0 aromatic heterocycles. The second-order valence-electron chi connectivity index (χ2n) is 6.86. The summed E-state index contributed by atoms with van der Waals surface area (Å²) in [7, 11) is -3.18. The van der Waals surface area contributed by atoms with E-state index in [0.717, 1.165) is 17.7 Å². The Morgan fingerprint density at radius 2 is 1.97 bits per heavy atom. The molecule has 174 valence electrons. The maximum atomic E-state index is 12.1. The first kappa shape index (κ1) is 25.4. The number of halogens is 1. The summed E-state index contributed by atoms with van der Waals surface area (Å²) in [4.78, 5) is 23.4. The van der Waals surface area contributed by atoms with Crippen molar-refractivity contribution in [2.45, 2.75) is 30.2 Å². The van der Waals surface area contributed by atoms with Crippen LogP contribution >= 0.6 is 11.6 Å². The number of phenolic OH excluding ortho intramolecular Hbond substituents is 1. The normalized spacial score (nSPS) is 12.1. The van der Waals surface area contributed by atoms with Gasteiger partial charge in [-0.05, 0) is 42.7 Å². The zero-order valence-corrected chi connectivity index (χ0v) is 18.7. The van der Waals surface area contributed by atoms with Crippen LogP contribution in [-0.4, -0.2) is 49.6 Å². The Labute approximate surface area is 190 Å². The van der Waals surface area contributed by atoms with Crippen molar-refractivity contribution < 1.29 is 32.4 Å². The van der Waals surface area contributed by atoms with E-state index in [1.54, 1.807) is 7.11 Å². The SMILES string of the molecule is COc1cccc(CCNC(=O)[C@@H](N)CCC(=O)Nc2cc(Cl)cc(S(=O)(=O)O)c2O)c1. The summed E-state index contributed by atoms with van der Waals surface area (Å²) in [5.74, 6) is -1.21. The summed E-state index contributed by atoms with van der Waals surface area (Å²) < 4.78 is 36.9. The van der Waals surface area contributed by atoms with Gasteiger partial charge in [0.2, 0.25) is 11.8 Å². The molecule has 0 radical (unpaired) electrons. The van der Waals surface area contributed by atoms with Crippen LogP contribution in [0.1, 0.15) is 18.4 Å². The number of ether oxygens (including phenoxy) is 1. The van der Waals surface area contributed by atoms with Crippen molar-refractivity contribution in [3.8, 4) is 11.5 Å². The number of hydrogen-bond donors (Lipinski definition) is 5. The van der Waals surface area contributed by atoms with Gasteiger partial charge in [0.15, 0.2) is 5.75 Å². The van der Waals surface area contributed by atoms with Gasteiger partial charge >= 0.3 is 0 Å². The first-order valence-electron chi connectivity index (χ1n) is 9.47. The highest BCUT2D eigenvalue weighted by molar-refractivity contribution is 7.86. The summed E-state index contributed by atoms with van der Waals surface area (Å²) in [5.41, 5.74) is 6.50. The number of benzene rings is 2. The Morgan fingerprint density at radius 3 is 2.62 bits per heavy atom. The van der Waals surface area contributed by atoms with Gasteiger partial charge in [-0.2, -0.15) is 8.42 Å². The zero-order valence-electron chi connectivity index (χ0n) is 17.2. The van der Waals surface area contributed by atoms with Gasteiger partial charge in [-0.15, -0.1) is 0 Å². The van der Waals surface area contributed by atoms with Crippen LogP contribution < -0.4 is 21.1 Å². The highest BCUT2D eigenvalue weighted by Gasteiger charge is 2.21. The number of anilines is 1.